The molecule has 0 aromatic rings. The summed E-state index contributed by atoms with van der Waals surface area (Å²) in [5, 5.41) is 13.3. The third kappa shape index (κ3) is 8.45. The van der Waals surface area contributed by atoms with Crippen molar-refractivity contribution in [1.82, 2.24) is 5.32 Å². The quantitative estimate of drug-likeness (QED) is 0.420. The van der Waals surface area contributed by atoms with E-state index in [1.165, 1.54) is 0 Å². The fourth-order valence-electron chi connectivity index (χ4n) is 4.23. The number of aliphatic hydroxyl groups excluding tert-OH is 1. The van der Waals surface area contributed by atoms with Crippen molar-refractivity contribution in [2.24, 2.45) is 16.6 Å². The van der Waals surface area contributed by atoms with E-state index >= 15 is 0 Å². The molecule has 0 spiro atoms. The lowest BCUT2D eigenvalue weighted by Gasteiger charge is -2.46. The highest BCUT2D eigenvalue weighted by atomic mass is 16.5. The number of esters is 1. The lowest BCUT2D eigenvalue weighted by Crippen LogP contribution is -2.47. The first kappa shape index (κ1) is 21.4. The van der Waals surface area contributed by atoms with E-state index in [-0.39, 0.29) is 29.4 Å². The van der Waals surface area contributed by atoms with Crippen LogP contribution in [0.5, 0.6) is 0 Å². The molecular formula is C19H38N2O3. The van der Waals surface area contributed by atoms with Crippen LogP contribution < -0.4 is 11.1 Å². The largest absolute Gasteiger partial charge is 0.463 e. The maximum Gasteiger partial charge on any atom is 0.305 e. The summed E-state index contributed by atoms with van der Waals surface area (Å²) in [6.07, 6.45) is 5.97. The predicted molar refractivity (Wildman–Crippen MR) is 97.7 cm³/mol. The summed E-state index contributed by atoms with van der Waals surface area (Å²) in [6, 6.07) is 0.245. The molecular weight excluding hydrogens is 304 g/mol. The van der Waals surface area contributed by atoms with E-state index in [0.29, 0.717) is 13.0 Å². The fourth-order valence-corrected chi connectivity index (χ4v) is 4.23. The molecule has 1 saturated carbocycles. The number of hydrogen-bond acceptors (Lipinski definition) is 5. The molecule has 0 heterocycles. The van der Waals surface area contributed by atoms with Gasteiger partial charge >= 0.3 is 5.97 Å². The van der Waals surface area contributed by atoms with Crippen LogP contribution in [-0.4, -0.2) is 42.9 Å². The number of rotatable bonds is 10. The van der Waals surface area contributed by atoms with Crippen LogP contribution in [-0.2, 0) is 9.53 Å². The Hall–Kier alpha value is -0.650. The molecule has 0 aromatic carbocycles. The number of carbonyl (C=O) groups is 1. The molecule has 4 N–H and O–H groups in total. The van der Waals surface area contributed by atoms with Gasteiger partial charge in [-0.3, -0.25) is 4.79 Å². The fraction of sp³-hybridized carbons (Fsp3) is 0.947. The molecule has 1 aliphatic carbocycles. The van der Waals surface area contributed by atoms with Crippen molar-refractivity contribution in [2.45, 2.75) is 84.8 Å². The minimum absolute atomic E-state index is 0.0691. The molecule has 0 radical (unpaired) electrons. The van der Waals surface area contributed by atoms with Gasteiger partial charge in [0.2, 0.25) is 0 Å². The SMILES string of the molecule is CCCCCC(=O)OCC(O)CNCC1(C)CC(N)CC(C)(C)C1. The second-order valence-corrected chi connectivity index (χ2v) is 8.74. The number of carbonyl (C=O) groups excluding carboxylic acids is 1. The van der Waals surface area contributed by atoms with Gasteiger partial charge in [0, 0.05) is 25.6 Å². The minimum atomic E-state index is -0.658. The third-order valence-electron chi connectivity index (χ3n) is 4.83. The maximum atomic E-state index is 11.5. The molecule has 3 unspecified atom stereocenters. The number of nitrogens with two attached hydrogens (primary N) is 1. The Labute approximate surface area is 147 Å². The van der Waals surface area contributed by atoms with Crippen LogP contribution >= 0.6 is 0 Å². The number of hydrogen-bond donors (Lipinski definition) is 3. The molecule has 1 aliphatic rings. The van der Waals surface area contributed by atoms with E-state index in [2.05, 4.69) is 33.0 Å². The minimum Gasteiger partial charge on any atom is -0.463 e. The molecule has 0 aliphatic heterocycles. The zero-order valence-electron chi connectivity index (χ0n) is 16.1. The monoisotopic (exact) mass is 342 g/mol. The molecule has 24 heavy (non-hydrogen) atoms. The smallest absolute Gasteiger partial charge is 0.305 e. The zero-order valence-corrected chi connectivity index (χ0v) is 16.1. The molecule has 5 heteroatoms. The summed E-state index contributed by atoms with van der Waals surface area (Å²) in [7, 11) is 0. The number of aliphatic hydroxyl groups is 1. The standard InChI is InChI=1S/C19H38N2O3/c1-5-6-7-8-17(23)24-12-16(22)11-21-14-19(4)10-15(20)9-18(2,3)13-19/h15-16,21-22H,5-14,20H2,1-4H3. The Kier molecular flexibility index (Phi) is 8.68. The van der Waals surface area contributed by atoms with Crippen LogP contribution in [0.15, 0.2) is 0 Å². The number of unbranched alkanes of at least 4 members (excludes halogenated alkanes) is 2. The zero-order chi connectivity index (χ0) is 18.2. The van der Waals surface area contributed by atoms with Crippen LogP contribution in [0.2, 0.25) is 0 Å². The van der Waals surface area contributed by atoms with E-state index in [1.54, 1.807) is 0 Å². The molecule has 0 saturated heterocycles. The van der Waals surface area contributed by atoms with Crippen molar-refractivity contribution < 1.29 is 14.6 Å². The molecule has 0 aromatic heterocycles. The van der Waals surface area contributed by atoms with Gasteiger partial charge in [-0.15, -0.1) is 0 Å². The van der Waals surface area contributed by atoms with Crippen molar-refractivity contribution in [3.05, 3.63) is 0 Å². The van der Waals surface area contributed by atoms with Crippen LogP contribution in [0.1, 0.15) is 72.6 Å². The van der Waals surface area contributed by atoms with Crippen LogP contribution in [0.4, 0.5) is 0 Å². The Bertz CT molecular complexity index is 387. The second-order valence-electron chi connectivity index (χ2n) is 8.74. The normalized spacial score (nSPS) is 27.7. The van der Waals surface area contributed by atoms with E-state index < -0.39 is 6.10 Å². The van der Waals surface area contributed by atoms with Crippen molar-refractivity contribution in [1.29, 1.82) is 0 Å². The average molecular weight is 343 g/mol. The van der Waals surface area contributed by atoms with Gasteiger partial charge in [-0.1, -0.05) is 40.5 Å². The number of nitrogens with one attached hydrogen (secondary N) is 1. The van der Waals surface area contributed by atoms with Gasteiger partial charge in [-0.05, 0) is 36.5 Å². The topological polar surface area (TPSA) is 84.6 Å². The molecule has 3 atom stereocenters. The van der Waals surface area contributed by atoms with Gasteiger partial charge in [0.25, 0.3) is 0 Å². The first-order chi connectivity index (χ1) is 11.2. The van der Waals surface area contributed by atoms with E-state index in [4.69, 9.17) is 10.5 Å². The van der Waals surface area contributed by atoms with Crippen LogP contribution in [0.3, 0.4) is 0 Å². The molecule has 1 fully saturated rings. The van der Waals surface area contributed by atoms with Crippen molar-refractivity contribution in [3.8, 4) is 0 Å². The lowest BCUT2D eigenvalue weighted by molar-refractivity contribution is -0.146. The highest BCUT2D eigenvalue weighted by Crippen LogP contribution is 2.45. The first-order valence-corrected chi connectivity index (χ1v) is 9.46. The predicted octanol–water partition coefficient (Wildman–Crippen LogP) is 2.60. The summed E-state index contributed by atoms with van der Waals surface area (Å²) >= 11 is 0. The molecule has 0 amide bonds. The summed E-state index contributed by atoms with van der Waals surface area (Å²) < 4.78 is 5.12. The summed E-state index contributed by atoms with van der Waals surface area (Å²) in [4.78, 5) is 11.5. The van der Waals surface area contributed by atoms with Gasteiger partial charge < -0.3 is 20.9 Å². The highest BCUT2D eigenvalue weighted by Gasteiger charge is 2.39. The average Bonchev–Trinajstić information content (AvgIpc) is 2.42. The van der Waals surface area contributed by atoms with Crippen molar-refractivity contribution >= 4 is 5.97 Å². The molecule has 0 bridgehead atoms. The second kappa shape index (κ2) is 9.73. The Morgan fingerprint density at radius 2 is 2.04 bits per heavy atom. The lowest BCUT2D eigenvalue weighted by atomic mass is 9.63. The molecule has 1 rings (SSSR count). The first-order valence-electron chi connectivity index (χ1n) is 9.46. The van der Waals surface area contributed by atoms with E-state index in [0.717, 1.165) is 45.1 Å². The third-order valence-corrected chi connectivity index (χ3v) is 4.83. The Morgan fingerprint density at radius 3 is 2.67 bits per heavy atom. The maximum absolute atomic E-state index is 11.5. The Morgan fingerprint density at radius 1 is 1.33 bits per heavy atom. The van der Waals surface area contributed by atoms with Crippen molar-refractivity contribution in [3.63, 3.8) is 0 Å². The summed E-state index contributed by atoms with van der Waals surface area (Å²) in [6.45, 7) is 10.2. The van der Waals surface area contributed by atoms with Crippen LogP contribution in [0, 0.1) is 10.8 Å². The summed E-state index contributed by atoms with van der Waals surface area (Å²) in [5.74, 6) is -0.213. The van der Waals surface area contributed by atoms with Crippen molar-refractivity contribution in [2.75, 3.05) is 19.7 Å². The van der Waals surface area contributed by atoms with Gasteiger partial charge in [-0.25, -0.2) is 0 Å². The van der Waals surface area contributed by atoms with E-state index in [1.807, 2.05) is 0 Å². The summed E-state index contributed by atoms with van der Waals surface area (Å²) in [5.41, 5.74) is 6.63. The molecule has 142 valence electrons. The highest BCUT2D eigenvalue weighted by molar-refractivity contribution is 5.69. The number of ether oxygens (including phenoxy) is 1. The van der Waals surface area contributed by atoms with Gasteiger partial charge in [0.15, 0.2) is 0 Å². The van der Waals surface area contributed by atoms with Gasteiger partial charge in [-0.2, -0.15) is 0 Å². The molecule has 5 nitrogen and oxygen atoms in total. The van der Waals surface area contributed by atoms with E-state index in [9.17, 15) is 9.90 Å². The van der Waals surface area contributed by atoms with Crippen LogP contribution in [0.25, 0.3) is 0 Å². The Balaban J connectivity index is 2.22. The van der Waals surface area contributed by atoms with Gasteiger partial charge in [0.05, 0.1) is 0 Å². The van der Waals surface area contributed by atoms with Gasteiger partial charge in [0.1, 0.15) is 12.7 Å².